The van der Waals surface area contributed by atoms with Crippen LogP contribution in [0.2, 0.25) is 0 Å². The van der Waals surface area contributed by atoms with Crippen molar-refractivity contribution in [2.24, 2.45) is 0 Å². The first-order valence-electron chi connectivity index (χ1n) is 6.66. The van der Waals surface area contributed by atoms with E-state index in [1.165, 1.54) is 11.1 Å². The van der Waals surface area contributed by atoms with Gasteiger partial charge in [0.1, 0.15) is 6.61 Å². The summed E-state index contributed by atoms with van der Waals surface area (Å²) in [5, 5.41) is 0. The highest BCUT2D eigenvalue weighted by atomic mass is 16.5. The van der Waals surface area contributed by atoms with Gasteiger partial charge in [-0.1, -0.05) is 17.7 Å². The van der Waals surface area contributed by atoms with E-state index in [4.69, 9.17) is 4.74 Å². The SMILES string of the molecule is CC(=O)N1c2c(C)cc(C)cc2C2(C)C=COCC12. The van der Waals surface area contributed by atoms with Crippen LogP contribution in [-0.4, -0.2) is 18.6 Å². The van der Waals surface area contributed by atoms with Gasteiger partial charge in [-0.25, -0.2) is 0 Å². The lowest BCUT2D eigenvalue weighted by Crippen LogP contribution is -2.48. The van der Waals surface area contributed by atoms with Gasteiger partial charge in [-0.15, -0.1) is 0 Å². The van der Waals surface area contributed by atoms with Crippen molar-refractivity contribution in [2.75, 3.05) is 11.5 Å². The highest BCUT2D eigenvalue weighted by molar-refractivity contribution is 5.97. The third-order valence-electron chi connectivity index (χ3n) is 4.37. The number of nitrogens with zero attached hydrogens (tertiary/aromatic N) is 1. The van der Waals surface area contributed by atoms with Gasteiger partial charge in [-0.3, -0.25) is 4.79 Å². The molecule has 2 atom stereocenters. The predicted octanol–water partition coefficient (Wildman–Crippen LogP) is 2.84. The van der Waals surface area contributed by atoms with Gasteiger partial charge in [-0.05, 0) is 38.0 Å². The van der Waals surface area contributed by atoms with E-state index in [0.717, 1.165) is 11.3 Å². The molecule has 2 aliphatic rings. The lowest BCUT2D eigenvalue weighted by molar-refractivity contribution is -0.117. The van der Waals surface area contributed by atoms with Crippen molar-refractivity contribution in [2.45, 2.75) is 39.2 Å². The molecule has 1 aromatic rings. The number of rotatable bonds is 0. The summed E-state index contributed by atoms with van der Waals surface area (Å²) in [6.45, 7) is 8.56. The maximum Gasteiger partial charge on any atom is 0.224 e. The van der Waals surface area contributed by atoms with E-state index < -0.39 is 0 Å². The topological polar surface area (TPSA) is 29.5 Å². The number of fused-ring (bicyclic) bond motifs is 3. The van der Waals surface area contributed by atoms with Crippen LogP contribution in [0.5, 0.6) is 0 Å². The first-order chi connectivity index (χ1) is 8.95. The first-order valence-corrected chi connectivity index (χ1v) is 6.66. The number of anilines is 1. The Hall–Kier alpha value is -1.77. The van der Waals surface area contributed by atoms with Gasteiger partial charge in [-0.2, -0.15) is 0 Å². The second kappa shape index (κ2) is 3.86. The summed E-state index contributed by atoms with van der Waals surface area (Å²) in [7, 11) is 0. The molecule has 0 saturated heterocycles. The number of aryl methyl sites for hydroxylation is 2. The highest BCUT2D eigenvalue weighted by Gasteiger charge is 2.50. The van der Waals surface area contributed by atoms with Gasteiger partial charge < -0.3 is 9.64 Å². The fourth-order valence-corrected chi connectivity index (χ4v) is 3.46. The monoisotopic (exact) mass is 257 g/mol. The van der Waals surface area contributed by atoms with Gasteiger partial charge >= 0.3 is 0 Å². The molecule has 0 aliphatic carbocycles. The van der Waals surface area contributed by atoms with Gasteiger partial charge in [0, 0.05) is 12.3 Å². The van der Waals surface area contributed by atoms with E-state index in [1.54, 1.807) is 13.2 Å². The first kappa shape index (κ1) is 12.3. The van der Waals surface area contributed by atoms with E-state index in [1.807, 2.05) is 4.90 Å². The molecule has 0 bridgehead atoms. The van der Waals surface area contributed by atoms with E-state index in [2.05, 4.69) is 39.0 Å². The Morgan fingerprint density at radius 1 is 1.42 bits per heavy atom. The quantitative estimate of drug-likeness (QED) is 0.715. The summed E-state index contributed by atoms with van der Waals surface area (Å²) in [4.78, 5) is 14.0. The molecular weight excluding hydrogens is 238 g/mol. The zero-order valence-electron chi connectivity index (χ0n) is 11.9. The Morgan fingerprint density at radius 2 is 2.16 bits per heavy atom. The number of hydrogen-bond acceptors (Lipinski definition) is 2. The number of ether oxygens (including phenoxy) is 1. The number of carbonyl (C=O) groups is 1. The molecular formula is C16H19NO2. The molecule has 19 heavy (non-hydrogen) atoms. The van der Waals surface area contributed by atoms with Crippen LogP contribution in [0, 0.1) is 13.8 Å². The van der Waals surface area contributed by atoms with Crippen LogP contribution < -0.4 is 4.90 Å². The lowest BCUT2D eigenvalue weighted by atomic mass is 9.77. The maximum atomic E-state index is 12.1. The van der Waals surface area contributed by atoms with Crippen LogP contribution >= 0.6 is 0 Å². The summed E-state index contributed by atoms with van der Waals surface area (Å²) in [5.74, 6) is 0.0841. The number of carbonyl (C=O) groups excluding carboxylic acids is 1. The van der Waals surface area contributed by atoms with Crippen molar-refractivity contribution >= 4 is 11.6 Å². The van der Waals surface area contributed by atoms with Crippen molar-refractivity contribution in [1.82, 2.24) is 0 Å². The molecule has 0 aromatic heterocycles. The van der Waals surface area contributed by atoms with Crippen LogP contribution in [0.4, 0.5) is 5.69 Å². The Labute approximate surface area is 113 Å². The molecule has 1 aromatic carbocycles. The fraction of sp³-hybridized carbons (Fsp3) is 0.438. The second-order valence-electron chi connectivity index (χ2n) is 5.80. The van der Waals surface area contributed by atoms with Crippen molar-refractivity contribution < 1.29 is 9.53 Å². The summed E-state index contributed by atoms with van der Waals surface area (Å²) in [5.41, 5.74) is 4.57. The molecule has 0 spiro atoms. The Balaban J connectivity index is 2.31. The van der Waals surface area contributed by atoms with E-state index in [9.17, 15) is 4.79 Å². The van der Waals surface area contributed by atoms with Gasteiger partial charge in [0.15, 0.2) is 0 Å². The Kier molecular flexibility index (Phi) is 2.49. The third-order valence-corrected chi connectivity index (χ3v) is 4.37. The zero-order chi connectivity index (χ0) is 13.8. The van der Waals surface area contributed by atoms with Crippen molar-refractivity contribution in [3.63, 3.8) is 0 Å². The molecule has 0 fully saturated rings. The molecule has 3 rings (SSSR count). The largest absolute Gasteiger partial charge is 0.499 e. The minimum Gasteiger partial charge on any atom is -0.499 e. The molecule has 2 unspecified atom stereocenters. The average molecular weight is 257 g/mol. The average Bonchev–Trinajstić information content (AvgIpc) is 2.59. The van der Waals surface area contributed by atoms with Crippen molar-refractivity contribution in [3.8, 4) is 0 Å². The number of hydrogen-bond donors (Lipinski definition) is 0. The van der Waals surface area contributed by atoms with Crippen molar-refractivity contribution in [1.29, 1.82) is 0 Å². The molecule has 3 heteroatoms. The fourth-order valence-electron chi connectivity index (χ4n) is 3.46. The number of amides is 1. The molecule has 100 valence electrons. The lowest BCUT2D eigenvalue weighted by Gasteiger charge is -2.35. The van der Waals surface area contributed by atoms with Crippen LogP contribution in [-0.2, 0) is 14.9 Å². The third kappa shape index (κ3) is 1.54. The molecule has 1 amide bonds. The van der Waals surface area contributed by atoms with E-state index in [-0.39, 0.29) is 17.4 Å². The Morgan fingerprint density at radius 3 is 2.84 bits per heavy atom. The zero-order valence-corrected chi connectivity index (χ0v) is 11.9. The minimum atomic E-state index is -0.143. The second-order valence-corrected chi connectivity index (χ2v) is 5.80. The van der Waals surface area contributed by atoms with Crippen molar-refractivity contribution in [3.05, 3.63) is 41.2 Å². The molecule has 0 N–H and O–H groups in total. The van der Waals surface area contributed by atoms with Crippen LogP contribution in [0.15, 0.2) is 24.5 Å². The van der Waals surface area contributed by atoms with Crippen LogP contribution in [0.3, 0.4) is 0 Å². The minimum absolute atomic E-state index is 0.0606. The molecule has 3 nitrogen and oxygen atoms in total. The van der Waals surface area contributed by atoms with E-state index in [0.29, 0.717) is 6.61 Å². The highest BCUT2D eigenvalue weighted by Crippen LogP contribution is 2.49. The van der Waals surface area contributed by atoms with Gasteiger partial charge in [0.05, 0.1) is 18.0 Å². The number of benzene rings is 1. The smallest absolute Gasteiger partial charge is 0.224 e. The van der Waals surface area contributed by atoms with Crippen LogP contribution in [0.1, 0.15) is 30.5 Å². The summed E-state index contributed by atoms with van der Waals surface area (Å²) < 4.78 is 5.46. The standard InChI is InChI=1S/C16H19NO2/c1-10-7-11(2)15-13(8-10)16(4)5-6-19-9-14(16)17(15)12(3)18/h5-8,14H,9H2,1-4H3. The molecule has 2 aliphatic heterocycles. The van der Waals surface area contributed by atoms with Gasteiger partial charge in [0.25, 0.3) is 0 Å². The molecule has 2 heterocycles. The van der Waals surface area contributed by atoms with Crippen LogP contribution in [0.25, 0.3) is 0 Å². The predicted molar refractivity (Wildman–Crippen MR) is 75.3 cm³/mol. The summed E-state index contributed by atoms with van der Waals surface area (Å²) in [6.07, 6.45) is 3.85. The maximum absolute atomic E-state index is 12.1. The normalized spacial score (nSPS) is 27.8. The van der Waals surface area contributed by atoms with Gasteiger partial charge in [0.2, 0.25) is 5.91 Å². The van der Waals surface area contributed by atoms with E-state index >= 15 is 0 Å². The summed E-state index contributed by atoms with van der Waals surface area (Å²) >= 11 is 0. The summed E-state index contributed by atoms with van der Waals surface area (Å²) in [6, 6.07) is 4.40. The Bertz CT molecular complexity index is 591. The molecule has 0 radical (unpaired) electrons. The molecule has 0 saturated carbocycles.